The number of H-pyrrole nitrogens is 1. The number of amides is 1. The molecule has 0 saturated carbocycles. The summed E-state index contributed by atoms with van der Waals surface area (Å²) in [6.45, 7) is 0. The maximum absolute atomic E-state index is 11.8. The molecule has 5 nitrogen and oxygen atoms in total. The zero-order valence-corrected chi connectivity index (χ0v) is 11.3. The van der Waals surface area contributed by atoms with Crippen LogP contribution >= 0.6 is 15.9 Å². The molecule has 1 amide bonds. The van der Waals surface area contributed by atoms with Crippen molar-refractivity contribution in [1.29, 1.82) is 0 Å². The van der Waals surface area contributed by atoms with Crippen molar-refractivity contribution in [2.75, 3.05) is 10.6 Å². The van der Waals surface area contributed by atoms with E-state index in [0.717, 1.165) is 23.9 Å². The van der Waals surface area contributed by atoms with Crippen LogP contribution < -0.4 is 5.32 Å². The molecule has 1 aromatic carbocycles. The van der Waals surface area contributed by atoms with Gasteiger partial charge in [0.1, 0.15) is 0 Å². The standard InChI is InChI=1S/C12H13BrN4O/c13-6-2-4-9-3-1-5-10(7-9)15-12(18)11-8-14-17-16-11/h1,3,5,7-8H,2,4,6H2,(H,15,18)(H,14,16,17). The van der Waals surface area contributed by atoms with Crippen LogP contribution in [0.25, 0.3) is 0 Å². The van der Waals surface area contributed by atoms with Gasteiger partial charge in [-0.15, -0.1) is 0 Å². The number of aromatic amines is 1. The Labute approximate surface area is 113 Å². The first-order valence-corrected chi connectivity index (χ1v) is 6.74. The SMILES string of the molecule is O=C(Nc1cccc(CCCBr)c1)c1cn[nH]n1. The number of anilines is 1. The molecular formula is C12H13BrN4O. The van der Waals surface area contributed by atoms with E-state index in [0.29, 0.717) is 0 Å². The number of benzene rings is 1. The minimum Gasteiger partial charge on any atom is -0.321 e. The number of alkyl halides is 1. The summed E-state index contributed by atoms with van der Waals surface area (Å²) < 4.78 is 0. The normalized spacial score (nSPS) is 10.3. The highest BCUT2D eigenvalue weighted by Gasteiger charge is 2.08. The molecule has 18 heavy (non-hydrogen) atoms. The van der Waals surface area contributed by atoms with Gasteiger partial charge in [-0.1, -0.05) is 28.1 Å². The number of halogens is 1. The van der Waals surface area contributed by atoms with E-state index >= 15 is 0 Å². The number of hydrogen-bond acceptors (Lipinski definition) is 3. The maximum atomic E-state index is 11.8. The number of aryl methyl sites for hydroxylation is 1. The van der Waals surface area contributed by atoms with Gasteiger partial charge >= 0.3 is 0 Å². The van der Waals surface area contributed by atoms with E-state index in [4.69, 9.17) is 0 Å². The molecule has 1 aromatic heterocycles. The smallest absolute Gasteiger partial charge is 0.277 e. The molecule has 0 radical (unpaired) electrons. The van der Waals surface area contributed by atoms with E-state index in [1.165, 1.54) is 11.8 Å². The summed E-state index contributed by atoms with van der Waals surface area (Å²) >= 11 is 3.40. The van der Waals surface area contributed by atoms with Crippen LogP contribution in [0.3, 0.4) is 0 Å². The van der Waals surface area contributed by atoms with Gasteiger partial charge in [0.2, 0.25) is 0 Å². The number of nitrogens with zero attached hydrogens (tertiary/aromatic N) is 2. The molecular weight excluding hydrogens is 296 g/mol. The molecule has 0 fully saturated rings. The number of carbonyl (C=O) groups excluding carboxylic acids is 1. The number of aromatic nitrogens is 3. The summed E-state index contributed by atoms with van der Waals surface area (Å²) in [4.78, 5) is 11.8. The van der Waals surface area contributed by atoms with Gasteiger partial charge in [0.15, 0.2) is 5.69 Å². The monoisotopic (exact) mass is 308 g/mol. The Bertz CT molecular complexity index is 513. The second-order valence-electron chi connectivity index (χ2n) is 3.80. The van der Waals surface area contributed by atoms with E-state index in [1.54, 1.807) is 0 Å². The number of hydrogen-bond donors (Lipinski definition) is 2. The summed E-state index contributed by atoms with van der Waals surface area (Å²) in [5.74, 6) is -0.263. The Morgan fingerprint density at radius 3 is 3.06 bits per heavy atom. The quantitative estimate of drug-likeness (QED) is 0.833. The first-order chi connectivity index (χ1) is 8.79. The van der Waals surface area contributed by atoms with E-state index in [1.807, 2.05) is 18.2 Å². The molecule has 2 rings (SSSR count). The lowest BCUT2D eigenvalue weighted by Gasteiger charge is -2.05. The van der Waals surface area contributed by atoms with Crippen LogP contribution in [0, 0.1) is 0 Å². The Kier molecular flexibility index (Phi) is 4.46. The average Bonchev–Trinajstić information content (AvgIpc) is 2.91. The van der Waals surface area contributed by atoms with E-state index in [-0.39, 0.29) is 11.6 Å². The second kappa shape index (κ2) is 6.30. The molecule has 0 bridgehead atoms. The minimum absolute atomic E-state index is 0.263. The van der Waals surface area contributed by atoms with Crippen LogP contribution in [0.5, 0.6) is 0 Å². The van der Waals surface area contributed by atoms with Crippen molar-refractivity contribution in [3.8, 4) is 0 Å². The average molecular weight is 309 g/mol. The van der Waals surface area contributed by atoms with Crippen molar-refractivity contribution < 1.29 is 4.79 Å². The van der Waals surface area contributed by atoms with Gasteiger partial charge in [-0.3, -0.25) is 4.79 Å². The van der Waals surface area contributed by atoms with Crippen LogP contribution in [0.1, 0.15) is 22.5 Å². The van der Waals surface area contributed by atoms with Crippen LogP contribution in [0.15, 0.2) is 30.5 Å². The van der Waals surface area contributed by atoms with E-state index < -0.39 is 0 Å². The molecule has 2 N–H and O–H groups in total. The Morgan fingerprint density at radius 1 is 1.44 bits per heavy atom. The van der Waals surface area contributed by atoms with Crippen LogP contribution in [-0.2, 0) is 6.42 Å². The maximum Gasteiger partial charge on any atom is 0.277 e. The molecule has 2 aromatic rings. The third-order valence-electron chi connectivity index (χ3n) is 2.43. The Morgan fingerprint density at radius 2 is 2.33 bits per heavy atom. The first-order valence-electron chi connectivity index (χ1n) is 5.61. The van der Waals surface area contributed by atoms with Gasteiger partial charge in [0, 0.05) is 11.0 Å². The molecule has 0 spiro atoms. The van der Waals surface area contributed by atoms with Crippen molar-refractivity contribution in [2.45, 2.75) is 12.8 Å². The number of nitrogens with one attached hydrogen (secondary N) is 2. The van der Waals surface area contributed by atoms with Crippen LogP contribution in [0.2, 0.25) is 0 Å². The van der Waals surface area contributed by atoms with Crippen LogP contribution in [0.4, 0.5) is 5.69 Å². The molecule has 6 heteroatoms. The second-order valence-corrected chi connectivity index (χ2v) is 4.60. The Hall–Kier alpha value is -1.69. The zero-order valence-electron chi connectivity index (χ0n) is 9.69. The summed E-state index contributed by atoms with van der Waals surface area (Å²) in [6.07, 6.45) is 3.45. The predicted octanol–water partition coefficient (Wildman–Crippen LogP) is 2.38. The highest BCUT2D eigenvalue weighted by atomic mass is 79.9. The highest BCUT2D eigenvalue weighted by molar-refractivity contribution is 9.09. The fraction of sp³-hybridized carbons (Fsp3) is 0.250. The number of carbonyl (C=O) groups is 1. The van der Waals surface area contributed by atoms with Crippen molar-refractivity contribution in [3.63, 3.8) is 0 Å². The van der Waals surface area contributed by atoms with Crippen molar-refractivity contribution in [2.24, 2.45) is 0 Å². The Balaban J connectivity index is 2.03. The van der Waals surface area contributed by atoms with Gasteiger partial charge < -0.3 is 5.32 Å². The zero-order chi connectivity index (χ0) is 12.8. The van der Waals surface area contributed by atoms with Gasteiger partial charge in [-0.05, 0) is 30.5 Å². The third-order valence-corrected chi connectivity index (χ3v) is 2.99. The van der Waals surface area contributed by atoms with Gasteiger partial charge in [-0.25, -0.2) is 0 Å². The molecule has 0 unspecified atom stereocenters. The summed E-state index contributed by atoms with van der Waals surface area (Å²) in [5, 5.41) is 13.5. The molecule has 0 aliphatic rings. The highest BCUT2D eigenvalue weighted by Crippen LogP contribution is 2.13. The molecule has 0 aliphatic carbocycles. The van der Waals surface area contributed by atoms with Gasteiger partial charge in [0.25, 0.3) is 5.91 Å². The lowest BCUT2D eigenvalue weighted by Crippen LogP contribution is -2.12. The topological polar surface area (TPSA) is 70.7 Å². The fourth-order valence-corrected chi connectivity index (χ4v) is 1.86. The van der Waals surface area contributed by atoms with Crippen molar-refractivity contribution >= 4 is 27.5 Å². The predicted molar refractivity (Wildman–Crippen MR) is 72.9 cm³/mol. The van der Waals surface area contributed by atoms with Gasteiger partial charge in [-0.2, -0.15) is 15.4 Å². The molecule has 0 saturated heterocycles. The molecule has 94 valence electrons. The largest absolute Gasteiger partial charge is 0.321 e. The first kappa shape index (κ1) is 12.8. The molecule has 0 atom stereocenters. The lowest BCUT2D eigenvalue weighted by molar-refractivity contribution is 0.102. The third kappa shape index (κ3) is 3.40. The lowest BCUT2D eigenvalue weighted by atomic mass is 10.1. The molecule has 1 heterocycles. The summed E-state index contributed by atoms with van der Waals surface area (Å²) in [5.41, 5.74) is 2.25. The summed E-state index contributed by atoms with van der Waals surface area (Å²) in [6, 6.07) is 7.81. The summed E-state index contributed by atoms with van der Waals surface area (Å²) in [7, 11) is 0. The number of rotatable bonds is 5. The van der Waals surface area contributed by atoms with Crippen LogP contribution in [-0.4, -0.2) is 26.6 Å². The van der Waals surface area contributed by atoms with Crippen molar-refractivity contribution in [1.82, 2.24) is 15.4 Å². The van der Waals surface area contributed by atoms with E-state index in [2.05, 4.69) is 42.7 Å². The van der Waals surface area contributed by atoms with Gasteiger partial charge in [0.05, 0.1) is 6.20 Å². The van der Waals surface area contributed by atoms with Crippen molar-refractivity contribution in [3.05, 3.63) is 41.7 Å². The minimum atomic E-state index is -0.263. The molecule has 0 aliphatic heterocycles. The fourth-order valence-electron chi connectivity index (χ4n) is 1.58. The van der Waals surface area contributed by atoms with E-state index in [9.17, 15) is 4.79 Å².